The Bertz CT molecular complexity index is 1130. The van der Waals surface area contributed by atoms with E-state index in [0.29, 0.717) is 10.8 Å². The van der Waals surface area contributed by atoms with Gasteiger partial charge in [0.1, 0.15) is 5.65 Å². The van der Waals surface area contributed by atoms with E-state index in [4.69, 9.17) is 11.6 Å². The number of nitrogens with one attached hydrogen (secondary N) is 2. The number of amides is 1. The van der Waals surface area contributed by atoms with Gasteiger partial charge in [0.05, 0.1) is 17.9 Å². The maximum Gasteiger partial charge on any atom is 0.228 e. The zero-order chi connectivity index (χ0) is 17.0. The van der Waals surface area contributed by atoms with Crippen LogP contribution in [0.4, 0.5) is 5.82 Å². The lowest BCUT2D eigenvalue weighted by molar-refractivity contribution is -0.117. The summed E-state index contributed by atoms with van der Waals surface area (Å²) in [6.45, 7) is 0. The molecule has 1 aromatic carbocycles. The number of pyridine rings is 1. The molecule has 6 nitrogen and oxygen atoms in total. The number of aromatic nitrogens is 4. The number of carbonyl (C=O) groups is 1. The third kappa shape index (κ3) is 3.48. The largest absolute Gasteiger partial charge is 0.309 e. The molecule has 3 heterocycles. The summed E-state index contributed by atoms with van der Waals surface area (Å²) in [5.74, 6) is 0.773. The standard InChI is InChI=1S/C18H14ClN5O.2ClH/c19-13-4-5-14-12(7-20-23-14)17(13)11-3-6-16-21-15(9-24(16)8-11)22-18(25)10-1-2-10;;/h3-10H,1-2H2,(H,20,23)(H,22,25);2*1H. The molecule has 1 aliphatic rings. The van der Waals surface area contributed by atoms with Crippen molar-refractivity contribution in [2.24, 2.45) is 5.92 Å². The van der Waals surface area contributed by atoms with Crippen LogP contribution in [-0.2, 0) is 4.79 Å². The van der Waals surface area contributed by atoms with E-state index in [-0.39, 0.29) is 36.6 Å². The van der Waals surface area contributed by atoms with Crippen molar-refractivity contribution in [2.45, 2.75) is 12.8 Å². The van der Waals surface area contributed by atoms with Gasteiger partial charge < -0.3 is 9.72 Å². The van der Waals surface area contributed by atoms with Crippen molar-refractivity contribution < 1.29 is 4.79 Å². The Labute approximate surface area is 172 Å². The van der Waals surface area contributed by atoms with Crippen LogP contribution < -0.4 is 5.32 Å². The molecule has 0 atom stereocenters. The topological polar surface area (TPSA) is 75.1 Å². The zero-order valence-electron chi connectivity index (χ0n) is 14.0. The number of hydrogen-bond donors (Lipinski definition) is 2. The van der Waals surface area contributed by atoms with Crippen LogP contribution in [0.5, 0.6) is 0 Å². The Morgan fingerprint density at radius 2 is 2.00 bits per heavy atom. The lowest BCUT2D eigenvalue weighted by Crippen LogP contribution is -2.13. The summed E-state index contributed by atoms with van der Waals surface area (Å²) in [5.41, 5.74) is 3.59. The smallest absolute Gasteiger partial charge is 0.228 e. The lowest BCUT2D eigenvalue weighted by Gasteiger charge is -2.07. The van der Waals surface area contributed by atoms with Crippen LogP contribution in [0.25, 0.3) is 27.7 Å². The summed E-state index contributed by atoms with van der Waals surface area (Å²) in [6, 6.07) is 7.66. The van der Waals surface area contributed by atoms with Gasteiger partial charge in [-0.15, -0.1) is 24.8 Å². The zero-order valence-corrected chi connectivity index (χ0v) is 16.4. The Morgan fingerprint density at radius 3 is 2.78 bits per heavy atom. The fraction of sp³-hybridized carbons (Fsp3) is 0.167. The summed E-state index contributed by atoms with van der Waals surface area (Å²) in [6.07, 6.45) is 7.49. The number of fused-ring (bicyclic) bond motifs is 2. The second-order valence-electron chi connectivity index (χ2n) is 6.33. The van der Waals surface area contributed by atoms with Gasteiger partial charge in [0.2, 0.25) is 5.91 Å². The first kappa shape index (κ1) is 19.5. The highest BCUT2D eigenvalue weighted by Crippen LogP contribution is 2.35. The van der Waals surface area contributed by atoms with Crippen molar-refractivity contribution in [3.05, 3.63) is 47.9 Å². The monoisotopic (exact) mass is 423 g/mol. The second kappa shape index (κ2) is 7.38. The van der Waals surface area contributed by atoms with E-state index in [1.807, 2.05) is 41.1 Å². The number of nitrogens with zero attached hydrogens (tertiary/aromatic N) is 3. The first-order valence-electron chi connectivity index (χ1n) is 8.10. The molecule has 27 heavy (non-hydrogen) atoms. The van der Waals surface area contributed by atoms with Gasteiger partial charge in [-0.25, -0.2) is 4.98 Å². The normalized spacial score (nSPS) is 13.2. The third-order valence-electron chi connectivity index (χ3n) is 4.51. The summed E-state index contributed by atoms with van der Waals surface area (Å²) in [5, 5.41) is 11.6. The fourth-order valence-corrected chi connectivity index (χ4v) is 3.33. The van der Waals surface area contributed by atoms with Gasteiger partial charge in [-0.3, -0.25) is 9.89 Å². The molecule has 3 aromatic heterocycles. The molecule has 140 valence electrons. The average molecular weight is 425 g/mol. The molecule has 4 aromatic rings. The highest BCUT2D eigenvalue weighted by atomic mass is 35.5. The number of hydrogen-bond acceptors (Lipinski definition) is 3. The molecular weight excluding hydrogens is 409 g/mol. The van der Waals surface area contributed by atoms with E-state index in [1.165, 1.54) is 0 Å². The number of carbonyl (C=O) groups excluding carboxylic acids is 1. The van der Waals surface area contributed by atoms with Crippen molar-refractivity contribution >= 4 is 64.7 Å². The molecule has 0 unspecified atom stereocenters. The molecule has 1 saturated carbocycles. The Balaban J connectivity index is 0.00000105. The summed E-state index contributed by atoms with van der Waals surface area (Å²) in [4.78, 5) is 16.4. The highest BCUT2D eigenvalue weighted by Gasteiger charge is 2.30. The van der Waals surface area contributed by atoms with Gasteiger partial charge in [0.25, 0.3) is 0 Å². The molecule has 1 aliphatic carbocycles. The van der Waals surface area contributed by atoms with E-state index in [9.17, 15) is 4.79 Å². The number of aromatic amines is 1. The molecular formula is C18H16Cl3N5O. The molecule has 0 bridgehead atoms. The van der Waals surface area contributed by atoms with Crippen LogP contribution in [0.1, 0.15) is 12.8 Å². The quantitative estimate of drug-likeness (QED) is 0.499. The summed E-state index contributed by atoms with van der Waals surface area (Å²) < 4.78 is 1.90. The van der Waals surface area contributed by atoms with Crippen molar-refractivity contribution in [1.29, 1.82) is 0 Å². The number of imidazole rings is 1. The minimum Gasteiger partial charge on any atom is -0.309 e. The van der Waals surface area contributed by atoms with E-state index in [2.05, 4.69) is 20.5 Å². The number of anilines is 1. The molecule has 0 saturated heterocycles. The first-order chi connectivity index (χ1) is 12.2. The molecule has 0 spiro atoms. The van der Waals surface area contributed by atoms with Crippen molar-refractivity contribution in [3.8, 4) is 11.1 Å². The predicted octanol–water partition coefficient (Wildman–Crippen LogP) is 4.72. The van der Waals surface area contributed by atoms with Gasteiger partial charge in [0, 0.05) is 33.7 Å². The SMILES string of the molecule is Cl.Cl.O=C(Nc1cn2cc(-c3c(Cl)ccc4[nH]ncc34)ccc2n1)C1CC1. The Kier molecular flexibility index (Phi) is 5.33. The summed E-state index contributed by atoms with van der Waals surface area (Å²) in [7, 11) is 0. The average Bonchev–Trinajstić information content (AvgIpc) is 3.22. The molecule has 9 heteroatoms. The minimum atomic E-state index is 0. The molecule has 1 fully saturated rings. The maximum absolute atomic E-state index is 11.9. The number of halogens is 3. The molecule has 1 amide bonds. The maximum atomic E-state index is 11.9. The third-order valence-corrected chi connectivity index (χ3v) is 4.83. The van der Waals surface area contributed by atoms with Crippen LogP contribution >= 0.6 is 36.4 Å². The van der Waals surface area contributed by atoms with Crippen LogP contribution in [0.15, 0.2) is 42.9 Å². The Morgan fingerprint density at radius 1 is 1.19 bits per heavy atom. The first-order valence-corrected chi connectivity index (χ1v) is 8.48. The van der Waals surface area contributed by atoms with Gasteiger partial charge in [-0.2, -0.15) is 5.10 Å². The van der Waals surface area contributed by atoms with Crippen LogP contribution in [0.2, 0.25) is 5.02 Å². The Hall–Kier alpha value is -2.28. The molecule has 0 aliphatic heterocycles. The van der Waals surface area contributed by atoms with Gasteiger partial charge in [-0.05, 0) is 37.1 Å². The molecule has 0 radical (unpaired) electrons. The van der Waals surface area contributed by atoms with Crippen LogP contribution in [-0.4, -0.2) is 25.5 Å². The van der Waals surface area contributed by atoms with Crippen LogP contribution in [0, 0.1) is 5.92 Å². The van der Waals surface area contributed by atoms with Gasteiger partial charge in [-0.1, -0.05) is 11.6 Å². The van der Waals surface area contributed by atoms with Crippen molar-refractivity contribution in [2.75, 3.05) is 5.32 Å². The second-order valence-corrected chi connectivity index (χ2v) is 6.73. The predicted molar refractivity (Wildman–Crippen MR) is 111 cm³/mol. The van der Waals surface area contributed by atoms with Crippen molar-refractivity contribution in [3.63, 3.8) is 0 Å². The summed E-state index contributed by atoms with van der Waals surface area (Å²) >= 11 is 6.44. The molecule has 2 N–H and O–H groups in total. The fourth-order valence-electron chi connectivity index (χ4n) is 3.06. The van der Waals surface area contributed by atoms with Crippen LogP contribution in [0.3, 0.4) is 0 Å². The van der Waals surface area contributed by atoms with E-state index in [1.54, 1.807) is 6.20 Å². The molecule has 5 rings (SSSR count). The number of H-pyrrole nitrogens is 1. The minimum absolute atomic E-state index is 0. The lowest BCUT2D eigenvalue weighted by atomic mass is 10.0. The van der Waals surface area contributed by atoms with E-state index in [0.717, 1.165) is 40.5 Å². The van der Waals surface area contributed by atoms with E-state index >= 15 is 0 Å². The number of benzene rings is 1. The number of rotatable bonds is 3. The van der Waals surface area contributed by atoms with Gasteiger partial charge >= 0.3 is 0 Å². The van der Waals surface area contributed by atoms with Gasteiger partial charge in [0.15, 0.2) is 5.82 Å². The van der Waals surface area contributed by atoms with E-state index < -0.39 is 0 Å². The van der Waals surface area contributed by atoms with Crippen molar-refractivity contribution in [1.82, 2.24) is 19.6 Å². The highest BCUT2D eigenvalue weighted by molar-refractivity contribution is 6.35.